The third-order valence-electron chi connectivity index (χ3n) is 4.39. The maximum Gasteiger partial charge on any atom is 0.262 e. The highest BCUT2D eigenvalue weighted by molar-refractivity contribution is 8.00. The number of hydrogen-bond donors (Lipinski definition) is 2. The SMILES string of the molecule is CC(Sc1nc2c(cnn2-c2cccc(Cl)c2)c(=O)[nH]1)C(=O)Nc1cccc(C#N)c1. The van der Waals surface area contributed by atoms with Gasteiger partial charge in [0.2, 0.25) is 5.91 Å². The molecule has 2 aromatic heterocycles. The Labute approximate surface area is 185 Å². The van der Waals surface area contributed by atoms with Crippen LogP contribution in [0.5, 0.6) is 0 Å². The number of halogens is 1. The molecule has 4 aromatic rings. The average molecular weight is 451 g/mol. The Balaban J connectivity index is 1.59. The molecule has 31 heavy (non-hydrogen) atoms. The predicted octanol–water partition coefficient (Wildman–Crippen LogP) is 3.75. The van der Waals surface area contributed by atoms with E-state index in [2.05, 4.69) is 20.4 Å². The Morgan fingerprint density at radius 3 is 2.87 bits per heavy atom. The number of thioether (sulfide) groups is 1. The van der Waals surface area contributed by atoms with Gasteiger partial charge in [-0.25, -0.2) is 9.67 Å². The number of carbonyl (C=O) groups excluding carboxylic acids is 1. The first-order valence-corrected chi connectivity index (χ1v) is 10.4. The lowest BCUT2D eigenvalue weighted by molar-refractivity contribution is -0.115. The van der Waals surface area contributed by atoms with Crippen molar-refractivity contribution in [3.63, 3.8) is 0 Å². The molecular weight excluding hydrogens is 436 g/mol. The summed E-state index contributed by atoms with van der Waals surface area (Å²) >= 11 is 7.18. The van der Waals surface area contributed by atoms with E-state index >= 15 is 0 Å². The van der Waals surface area contributed by atoms with Gasteiger partial charge in [0.1, 0.15) is 5.39 Å². The van der Waals surface area contributed by atoms with Crippen LogP contribution in [0.1, 0.15) is 12.5 Å². The first-order valence-electron chi connectivity index (χ1n) is 9.16. The van der Waals surface area contributed by atoms with E-state index in [1.165, 1.54) is 10.9 Å². The van der Waals surface area contributed by atoms with Gasteiger partial charge in [-0.1, -0.05) is 35.5 Å². The zero-order valence-electron chi connectivity index (χ0n) is 16.2. The van der Waals surface area contributed by atoms with Crippen LogP contribution in [0, 0.1) is 11.3 Å². The lowest BCUT2D eigenvalue weighted by Crippen LogP contribution is -2.23. The molecule has 154 valence electrons. The van der Waals surface area contributed by atoms with Gasteiger partial charge < -0.3 is 10.3 Å². The largest absolute Gasteiger partial charge is 0.325 e. The van der Waals surface area contributed by atoms with Crippen LogP contribution in [0.3, 0.4) is 0 Å². The number of nitriles is 1. The molecule has 2 aromatic carbocycles. The Morgan fingerprint density at radius 2 is 2.10 bits per heavy atom. The number of H-pyrrole nitrogens is 1. The number of carbonyl (C=O) groups is 1. The molecule has 2 N–H and O–H groups in total. The highest BCUT2D eigenvalue weighted by Crippen LogP contribution is 2.23. The summed E-state index contributed by atoms with van der Waals surface area (Å²) in [6.07, 6.45) is 1.44. The number of hydrogen-bond acceptors (Lipinski definition) is 6. The molecule has 0 spiro atoms. The quantitative estimate of drug-likeness (QED) is 0.353. The summed E-state index contributed by atoms with van der Waals surface area (Å²) in [5.74, 6) is -0.286. The molecule has 0 aliphatic rings. The minimum absolute atomic E-state index is 0.286. The molecule has 1 atom stereocenters. The molecule has 1 amide bonds. The Kier molecular flexibility index (Phi) is 5.75. The molecule has 0 aliphatic heterocycles. The lowest BCUT2D eigenvalue weighted by Gasteiger charge is -2.12. The maximum absolute atomic E-state index is 12.6. The van der Waals surface area contributed by atoms with Crippen LogP contribution in [0.2, 0.25) is 5.02 Å². The van der Waals surface area contributed by atoms with Crippen molar-refractivity contribution in [3.05, 3.63) is 75.7 Å². The fraction of sp³-hybridized carbons (Fsp3) is 0.0952. The molecule has 8 nitrogen and oxygen atoms in total. The van der Waals surface area contributed by atoms with Crippen molar-refractivity contribution in [2.45, 2.75) is 17.3 Å². The van der Waals surface area contributed by atoms with Gasteiger partial charge in [-0.3, -0.25) is 9.59 Å². The third kappa shape index (κ3) is 4.45. The van der Waals surface area contributed by atoms with Crippen LogP contribution < -0.4 is 10.9 Å². The number of anilines is 1. The summed E-state index contributed by atoms with van der Waals surface area (Å²) in [6, 6.07) is 15.7. The smallest absolute Gasteiger partial charge is 0.262 e. The highest BCUT2D eigenvalue weighted by atomic mass is 35.5. The predicted molar refractivity (Wildman–Crippen MR) is 120 cm³/mol. The monoisotopic (exact) mass is 450 g/mol. The van der Waals surface area contributed by atoms with E-state index in [0.29, 0.717) is 33.0 Å². The second-order valence-electron chi connectivity index (χ2n) is 6.59. The number of aromatic nitrogens is 4. The molecule has 2 heterocycles. The van der Waals surface area contributed by atoms with Gasteiger partial charge in [-0.15, -0.1) is 0 Å². The highest BCUT2D eigenvalue weighted by Gasteiger charge is 2.18. The minimum atomic E-state index is -0.561. The van der Waals surface area contributed by atoms with Crippen molar-refractivity contribution in [1.82, 2.24) is 19.7 Å². The zero-order chi connectivity index (χ0) is 22.0. The maximum atomic E-state index is 12.6. The van der Waals surface area contributed by atoms with Gasteiger partial charge in [0.15, 0.2) is 10.8 Å². The molecule has 4 rings (SSSR count). The topological polar surface area (TPSA) is 116 Å². The molecule has 0 fully saturated rings. The summed E-state index contributed by atoms with van der Waals surface area (Å²) in [5.41, 5.74) is 1.65. The van der Waals surface area contributed by atoms with Crippen LogP contribution in [-0.4, -0.2) is 30.9 Å². The van der Waals surface area contributed by atoms with E-state index in [1.807, 2.05) is 6.07 Å². The summed E-state index contributed by atoms with van der Waals surface area (Å²) in [7, 11) is 0. The summed E-state index contributed by atoms with van der Waals surface area (Å²) < 4.78 is 1.53. The molecule has 0 aliphatic carbocycles. The number of nitrogens with zero attached hydrogens (tertiary/aromatic N) is 4. The molecule has 0 saturated heterocycles. The minimum Gasteiger partial charge on any atom is -0.325 e. The molecule has 10 heteroatoms. The van der Waals surface area contributed by atoms with E-state index in [9.17, 15) is 9.59 Å². The van der Waals surface area contributed by atoms with E-state index < -0.39 is 5.25 Å². The van der Waals surface area contributed by atoms with Crippen molar-refractivity contribution < 1.29 is 4.79 Å². The van der Waals surface area contributed by atoms with Crippen molar-refractivity contribution in [3.8, 4) is 11.8 Å². The normalized spacial score (nSPS) is 11.8. The van der Waals surface area contributed by atoms with Crippen LogP contribution in [0.4, 0.5) is 5.69 Å². The summed E-state index contributed by atoms with van der Waals surface area (Å²) in [4.78, 5) is 32.3. The van der Waals surface area contributed by atoms with Gasteiger partial charge in [-0.2, -0.15) is 10.4 Å². The zero-order valence-corrected chi connectivity index (χ0v) is 17.7. The van der Waals surface area contributed by atoms with Gasteiger partial charge in [0, 0.05) is 10.7 Å². The first kappa shape index (κ1) is 20.7. The van der Waals surface area contributed by atoms with E-state index in [0.717, 1.165) is 11.8 Å². The molecular formula is C21H15ClN6O2S. The van der Waals surface area contributed by atoms with Crippen molar-refractivity contribution in [1.29, 1.82) is 5.26 Å². The van der Waals surface area contributed by atoms with Gasteiger partial charge in [0.25, 0.3) is 5.56 Å². The fourth-order valence-corrected chi connectivity index (χ4v) is 3.86. The van der Waals surface area contributed by atoms with Crippen molar-refractivity contribution >= 4 is 46.0 Å². The summed E-state index contributed by atoms with van der Waals surface area (Å²) in [5, 5.41) is 16.6. The van der Waals surface area contributed by atoms with Gasteiger partial charge in [-0.05, 0) is 43.3 Å². The Morgan fingerprint density at radius 1 is 1.29 bits per heavy atom. The Hall–Kier alpha value is -3.61. The number of benzene rings is 2. The lowest BCUT2D eigenvalue weighted by atomic mass is 10.2. The van der Waals surface area contributed by atoms with Crippen molar-refractivity contribution in [2.75, 3.05) is 5.32 Å². The molecule has 0 radical (unpaired) electrons. The van der Waals surface area contributed by atoms with Gasteiger partial charge in [0.05, 0.1) is 28.8 Å². The third-order valence-corrected chi connectivity index (χ3v) is 5.61. The number of aromatic amines is 1. The van der Waals surface area contributed by atoms with Crippen LogP contribution >= 0.6 is 23.4 Å². The molecule has 0 saturated carbocycles. The second-order valence-corrected chi connectivity index (χ2v) is 8.35. The van der Waals surface area contributed by atoms with Crippen LogP contribution in [0.15, 0.2) is 64.7 Å². The molecule has 1 unspecified atom stereocenters. The fourth-order valence-electron chi connectivity index (χ4n) is 2.88. The number of amides is 1. The van der Waals surface area contributed by atoms with Crippen molar-refractivity contribution in [2.24, 2.45) is 0 Å². The van der Waals surface area contributed by atoms with E-state index in [-0.39, 0.29) is 16.6 Å². The molecule has 0 bridgehead atoms. The number of nitrogens with one attached hydrogen (secondary N) is 2. The van der Waals surface area contributed by atoms with Gasteiger partial charge >= 0.3 is 0 Å². The van der Waals surface area contributed by atoms with E-state index in [1.54, 1.807) is 55.5 Å². The number of fused-ring (bicyclic) bond motifs is 1. The standard InChI is InChI=1S/C21H15ClN6O2S/c1-12(19(29)25-15-6-2-4-13(8-15)10-23)31-21-26-18-17(20(30)27-21)11-24-28(18)16-7-3-5-14(22)9-16/h2-9,11-12H,1H3,(H,25,29)(H,26,27,30). The van der Waals surface area contributed by atoms with Crippen LogP contribution in [0.25, 0.3) is 16.7 Å². The number of rotatable bonds is 5. The average Bonchev–Trinajstić information content (AvgIpc) is 3.18. The van der Waals surface area contributed by atoms with Crippen LogP contribution in [-0.2, 0) is 4.79 Å². The Bertz CT molecular complexity index is 1390. The second kappa shape index (κ2) is 8.63. The van der Waals surface area contributed by atoms with E-state index in [4.69, 9.17) is 16.9 Å². The first-order chi connectivity index (χ1) is 14.9. The summed E-state index contributed by atoms with van der Waals surface area (Å²) in [6.45, 7) is 1.70.